The number of sulfonamides is 1. The van der Waals surface area contributed by atoms with E-state index < -0.39 is 16.1 Å². The van der Waals surface area contributed by atoms with Gasteiger partial charge in [0.05, 0.1) is 17.7 Å². The van der Waals surface area contributed by atoms with E-state index in [1.54, 1.807) is 48.2 Å². The van der Waals surface area contributed by atoms with Crippen LogP contribution in [0.1, 0.15) is 41.8 Å². The highest BCUT2D eigenvalue weighted by Crippen LogP contribution is 2.26. The molecule has 8 nitrogen and oxygen atoms in total. The summed E-state index contributed by atoms with van der Waals surface area (Å²) in [5, 5.41) is 3.48. The van der Waals surface area contributed by atoms with Crippen molar-refractivity contribution >= 4 is 33.4 Å². The SMILES string of the molecule is CCNS(=O)(=O)c1ccc(CCC(=O)N(Cc2ccc(Cl)cc2)[C@@H](C(=O)NCc2ccco2)c2ccccc2)cc1. The zero-order valence-electron chi connectivity index (χ0n) is 22.6. The van der Waals surface area contributed by atoms with Gasteiger partial charge in [-0.2, -0.15) is 0 Å². The summed E-state index contributed by atoms with van der Waals surface area (Å²) in [4.78, 5) is 29.2. The molecule has 0 unspecified atom stereocenters. The summed E-state index contributed by atoms with van der Waals surface area (Å²) in [6, 6.07) is 25.4. The highest BCUT2D eigenvalue weighted by atomic mass is 35.5. The fourth-order valence-corrected chi connectivity index (χ4v) is 5.57. The Labute approximate surface area is 245 Å². The quantitative estimate of drug-likeness (QED) is 0.220. The van der Waals surface area contributed by atoms with Crippen LogP contribution in [0.3, 0.4) is 0 Å². The summed E-state index contributed by atoms with van der Waals surface area (Å²) in [7, 11) is -3.57. The van der Waals surface area contributed by atoms with E-state index in [0.29, 0.717) is 29.3 Å². The van der Waals surface area contributed by atoms with Crippen LogP contribution in [-0.4, -0.2) is 31.7 Å². The predicted octanol–water partition coefficient (Wildman–Crippen LogP) is 5.25. The van der Waals surface area contributed by atoms with Crippen LogP contribution in [0.5, 0.6) is 0 Å². The van der Waals surface area contributed by atoms with Gasteiger partial charge in [-0.3, -0.25) is 9.59 Å². The standard InChI is InChI=1S/C31H32ClN3O5S/c1-2-34-41(38,39)28-17-12-23(13-18-28)14-19-29(36)35(22-24-10-15-26(32)16-11-24)30(25-7-4-3-5-8-25)31(37)33-21-27-9-6-20-40-27/h3-13,15-18,20,30,34H,2,14,19,21-22H2,1H3,(H,33,37)/t30-/m1/s1. The topological polar surface area (TPSA) is 109 Å². The van der Waals surface area contributed by atoms with Crippen molar-refractivity contribution in [2.24, 2.45) is 0 Å². The highest BCUT2D eigenvalue weighted by molar-refractivity contribution is 7.89. The second-order valence-electron chi connectivity index (χ2n) is 9.40. The van der Waals surface area contributed by atoms with Crippen molar-refractivity contribution in [2.45, 2.75) is 43.8 Å². The summed E-state index contributed by atoms with van der Waals surface area (Å²) in [6.45, 7) is 2.37. The Morgan fingerprint density at radius 1 is 0.902 bits per heavy atom. The maximum atomic E-state index is 13.8. The van der Waals surface area contributed by atoms with Crippen LogP contribution in [0, 0.1) is 0 Å². The van der Waals surface area contributed by atoms with Gasteiger partial charge in [-0.1, -0.05) is 73.1 Å². The van der Waals surface area contributed by atoms with Crippen molar-refractivity contribution in [3.8, 4) is 0 Å². The van der Waals surface area contributed by atoms with Gasteiger partial charge in [-0.15, -0.1) is 0 Å². The summed E-state index contributed by atoms with van der Waals surface area (Å²) < 4.78 is 32.4. The first-order valence-electron chi connectivity index (χ1n) is 13.2. The lowest BCUT2D eigenvalue weighted by atomic mass is 10.0. The molecule has 0 spiro atoms. The molecule has 1 atom stereocenters. The van der Waals surface area contributed by atoms with Gasteiger partial charge >= 0.3 is 0 Å². The Morgan fingerprint density at radius 2 is 1.59 bits per heavy atom. The largest absolute Gasteiger partial charge is 0.467 e. The maximum absolute atomic E-state index is 13.8. The van der Waals surface area contributed by atoms with Gasteiger partial charge in [0.15, 0.2) is 0 Å². The summed E-state index contributed by atoms with van der Waals surface area (Å²) in [5.41, 5.74) is 2.30. The van der Waals surface area contributed by atoms with Gasteiger partial charge in [0.25, 0.3) is 0 Å². The van der Waals surface area contributed by atoms with Crippen LogP contribution < -0.4 is 10.0 Å². The molecule has 10 heteroatoms. The molecule has 1 heterocycles. The number of furan rings is 1. The number of rotatable bonds is 13. The van der Waals surface area contributed by atoms with Gasteiger partial charge in [-0.25, -0.2) is 13.1 Å². The molecule has 0 aliphatic heterocycles. The van der Waals surface area contributed by atoms with Crippen molar-refractivity contribution in [3.63, 3.8) is 0 Å². The number of hydrogen-bond acceptors (Lipinski definition) is 5. The van der Waals surface area contributed by atoms with Crippen LogP contribution >= 0.6 is 11.6 Å². The molecule has 0 bridgehead atoms. The van der Waals surface area contributed by atoms with Crippen molar-refractivity contribution in [1.29, 1.82) is 0 Å². The smallest absolute Gasteiger partial charge is 0.247 e. The highest BCUT2D eigenvalue weighted by Gasteiger charge is 2.31. The van der Waals surface area contributed by atoms with Crippen molar-refractivity contribution in [3.05, 3.63) is 125 Å². The number of carbonyl (C=O) groups is 2. The van der Waals surface area contributed by atoms with E-state index in [4.69, 9.17) is 16.0 Å². The zero-order chi connectivity index (χ0) is 29.2. The van der Waals surface area contributed by atoms with Crippen LogP contribution in [0.25, 0.3) is 0 Å². The molecular weight excluding hydrogens is 562 g/mol. The lowest BCUT2D eigenvalue weighted by Gasteiger charge is -2.32. The average Bonchev–Trinajstić information content (AvgIpc) is 3.50. The molecule has 41 heavy (non-hydrogen) atoms. The molecule has 2 amide bonds. The van der Waals surface area contributed by atoms with E-state index in [1.165, 1.54) is 18.4 Å². The number of aryl methyl sites for hydroxylation is 1. The van der Waals surface area contributed by atoms with Gasteiger partial charge in [0.1, 0.15) is 11.8 Å². The van der Waals surface area contributed by atoms with Gasteiger partial charge in [-0.05, 0) is 59.5 Å². The molecule has 0 fully saturated rings. The number of hydrogen-bond donors (Lipinski definition) is 2. The molecule has 0 aliphatic rings. The van der Waals surface area contributed by atoms with E-state index in [2.05, 4.69) is 10.0 Å². The zero-order valence-corrected chi connectivity index (χ0v) is 24.2. The van der Waals surface area contributed by atoms with Crippen LogP contribution in [0.2, 0.25) is 5.02 Å². The number of halogens is 1. The first-order valence-corrected chi connectivity index (χ1v) is 15.1. The Balaban J connectivity index is 1.59. The van der Waals surface area contributed by atoms with Crippen molar-refractivity contribution < 1.29 is 22.4 Å². The Morgan fingerprint density at radius 3 is 2.22 bits per heavy atom. The van der Waals surface area contributed by atoms with Crippen LogP contribution in [0.4, 0.5) is 0 Å². The second kappa shape index (κ2) is 14.1. The molecule has 0 saturated carbocycles. The Bertz CT molecular complexity index is 1530. The fraction of sp³-hybridized carbons (Fsp3) is 0.226. The van der Waals surface area contributed by atoms with E-state index in [9.17, 15) is 18.0 Å². The third kappa shape index (κ3) is 8.29. The minimum atomic E-state index is -3.57. The number of nitrogens with one attached hydrogen (secondary N) is 2. The molecule has 1 aromatic heterocycles. The molecule has 0 radical (unpaired) electrons. The molecule has 0 aliphatic carbocycles. The van der Waals surface area contributed by atoms with Gasteiger partial charge in [0.2, 0.25) is 21.8 Å². The molecule has 0 saturated heterocycles. The van der Waals surface area contributed by atoms with E-state index in [-0.39, 0.29) is 36.2 Å². The van der Waals surface area contributed by atoms with E-state index >= 15 is 0 Å². The van der Waals surface area contributed by atoms with Crippen molar-refractivity contribution in [1.82, 2.24) is 14.9 Å². The van der Waals surface area contributed by atoms with Crippen molar-refractivity contribution in [2.75, 3.05) is 6.54 Å². The minimum absolute atomic E-state index is 0.113. The normalized spacial score (nSPS) is 12.0. The molecule has 4 aromatic rings. The molecular formula is C31H32ClN3O5S. The van der Waals surface area contributed by atoms with E-state index in [0.717, 1.165) is 11.1 Å². The Hall–Kier alpha value is -3.92. The van der Waals surface area contributed by atoms with Crippen LogP contribution in [0.15, 0.2) is 107 Å². The summed E-state index contributed by atoms with van der Waals surface area (Å²) in [5.74, 6) is 0.0273. The number of amides is 2. The number of benzene rings is 3. The van der Waals surface area contributed by atoms with E-state index in [1.807, 2.05) is 42.5 Å². The average molecular weight is 594 g/mol. The molecule has 2 N–H and O–H groups in total. The lowest BCUT2D eigenvalue weighted by Crippen LogP contribution is -2.43. The number of carbonyl (C=O) groups excluding carboxylic acids is 2. The third-order valence-electron chi connectivity index (χ3n) is 6.47. The predicted molar refractivity (Wildman–Crippen MR) is 157 cm³/mol. The summed E-state index contributed by atoms with van der Waals surface area (Å²) >= 11 is 6.09. The van der Waals surface area contributed by atoms with Gasteiger partial charge < -0.3 is 14.6 Å². The first-order chi connectivity index (χ1) is 19.8. The minimum Gasteiger partial charge on any atom is -0.467 e. The molecule has 4 rings (SSSR count). The van der Waals surface area contributed by atoms with Crippen LogP contribution in [-0.2, 0) is 39.1 Å². The maximum Gasteiger partial charge on any atom is 0.247 e. The number of nitrogens with zero attached hydrogens (tertiary/aromatic N) is 1. The molecule has 3 aromatic carbocycles. The lowest BCUT2D eigenvalue weighted by molar-refractivity contribution is -0.141. The summed E-state index contributed by atoms with van der Waals surface area (Å²) in [6.07, 6.45) is 2.02. The third-order valence-corrected chi connectivity index (χ3v) is 8.29. The molecule has 214 valence electrons. The Kier molecular flexibility index (Phi) is 10.3. The first kappa shape index (κ1) is 30.0. The fourth-order valence-electron chi connectivity index (χ4n) is 4.41. The van der Waals surface area contributed by atoms with Gasteiger partial charge in [0, 0.05) is 24.5 Å². The monoisotopic (exact) mass is 593 g/mol. The second-order valence-corrected chi connectivity index (χ2v) is 11.6.